The molecule has 1 atom stereocenters. The van der Waals surface area contributed by atoms with Gasteiger partial charge in [-0.3, -0.25) is 10.1 Å². The maximum atomic E-state index is 12.6. The highest BCUT2D eigenvalue weighted by molar-refractivity contribution is 7.15. The molecule has 3 rings (SSSR count). The molecule has 0 spiro atoms. The fourth-order valence-corrected chi connectivity index (χ4v) is 3.70. The molecule has 26 heavy (non-hydrogen) atoms. The molecule has 1 N–H and O–H groups in total. The number of carbonyl (C=O) groups is 1. The van der Waals surface area contributed by atoms with Gasteiger partial charge in [-0.15, -0.1) is 11.3 Å². The van der Waals surface area contributed by atoms with E-state index in [4.69, 9.17) is 0 Å². The van der Waals surface area contributed by atoms with Gasteiger partial charge >= 0.3 is 6.03 Å². The Morgan fingerprint density at radius 3 is 2.81 bits per heavy atom. The number of amides is 2. The number of nitrogens with one attached hydrogen (secondary N) is 1. The maximum absolute atomic E-state index is 12.6. The van der Waals surface area contributed by atoms with Crippen molar-refractivity contribution in [1.82, 2.24) is 19.7 Å². The lowest BCUT2D eigenvalue weighted by Crippen LogP contribution is -2.43. The van der Waals surface area contributed by atoms with Crippen molar-refractivity contribution in [3.63, 3.8) is 0 Å². The van der Waals surface area contributed by atoms with Crippen LogP contribution in [-0.2, 0) is 12.0 Å². The van der Waals surface area contributed by atoms with Crippen molar-refractivity contribution in [2.45, 2.75) is 58.5 Å². The zero-order chi connectivity index (χ0) is 18.9. The minimum absolute atomic E-state index is 0.0449. The molecule has 1 aliphatic heterocycles. The molecular weight excluding hydrogens is 350 g/mol. The first-order chi connectivity index (χ1) is 12.2. The fourth-order valence-electron chi connectivity index (χ4n) is 3.05. The first kappa shape index (κ1) is 18.6. The molecule has 1 unspecified atom stereocenters. The second-order valence-corrected chi connectivity index (χ2v) is 8.92. The first-order valence-corrected chi connectivity index (χ1v) is 9.64. The average molecular weight is 375 g/mol. The van der Waals surface area contributed by atoms with E-state index in [1.54, 1.807) is 23.2 Å². The maximum Gasteiger partial charge on any atom is 0.323 e. The highest BCUT2D eigenvalue weighted by Gasteiger charge is 2.30. The van der Waals surface area contributed by atoms with E-state index in [1.165, 1.54) is 16.0 Å². The van der Waals surface area contributed by atoms with E-state index in [0.29, 0.717) is 18.2 Å². The monoisotopic (exact) mass is 375 g/mol. The van der Waals surface area contributed by atoms with Crippen LogP contribution in [0.25, 0.3) is 0 Å². The molecule has 2 amide bonds. The van der Waals surface area contributed by atoms with Gasteiger partial charge in [0.05, 0.1) is 18.3 Å². The zero-order valence-electron chi connectivity index (χ0n) is 15.7. The van der Waals surface area contributed by atoms with E-state index < -0.39 is 0 Å². The molecule has 1 aliphatic rings. The second kappa shape index (κ2) is 7.19. The van der Waals surface area contributed by atoms with Crippen LogP contribution in [0.3, 0.4) is 0 Å². The molecule has 0 bridgehead atoms. The summed E-state index contributed by atoms with van der Waals surface area (Å²) in [6.45, 7) is 9.23. The predicted octanol–water partition coefficient (Wildman–Crippen LogP) is 3.00. The number of thiazole rings is 1. The molecule has 3 heterocycles. The summed E-state index contributed by atoms with van der Waals surface area (Å²) in [5.74, 6) is 0. The molecule has 8 heteroatoms. The smallest absolute Gasteiger partial charge is 0.320 e. The molecule has 2 aromatic rings. The summed E-state index contributed by atoms with van der Waals surface area (Å²) < 4.78 is 1.49. The zero-order valence-corrected chi connectivity index (χ0v) is 16.5. The Kier molecular flexibility index (Phi) is 5.13. The Bertz CT molecular complexity index is 852. The summed E-state index contributed by atoms with van der Waals surface area (Å²) in [7, 11) is 0. The van der Waals surface area contributed by atoms with Crippen LogP contribution in [0.2, 0.25) is 0 Å². The van der Waals surface area contributed by atoms with Gasteiger partial charge in [-0.05, 0) is 25.8 Å². The third-order valence-corrected chi connectivity index (χ3v) is 5.32. The summed E-state index contributed by atoms with van der Waals surface area (Å²) in [4.78, 5) is 31.9. The van der Waals surface area contributed by atoms with E-state index in [1.807, 2.05) is 6.92 Å². The molecule has 7 nitrogen and oxygen atoms in total. The number of anilines is 1. The summed E-state index contributed by atoms with van der Waals surface area (Å²) in [6, 6.07) is 3.13. The lowest BCUT2D eigenvalue weighted by Gasteiger charge is -2.25. The molecule has 0 saturated carbocycles. The molecule has 0 aromatic carbocycles. The van der Waals surface area contributed by atoms with Crippen LogP contribution in [0.15, 0.2) is 23.1 Å². The van der Waals surface area contributed by atoms with Gasteiger partial charge in [0.15, 0.2) is 5.13 Å². The van der Waals surface area contributed by atoms with Crippen molar-refractivity contribution >= 4 is 22.5 Å². The Morgan fingerprint density at radius 1 is 1.38 bits per heavy atom. The van der Waals surface area contributed by atoms with Crippen LogP contribution < -0.4 is 10.9 Å². The van der Waals surface area contributed by atoms with Crippen molar-refractivity contribution in [2.24, 2.45) is 0 Å². The average Bonchev–Trinajstić information content (AvgIpc) is 3.17. The van der Waals surface area contributed by atoms with Gasteiger partial charge in [-0.2, -0.15) is 5.10 Å². The minimum Gasteiger partial charge on any atom is -0.320 e. The Hall–Kier alpha value is -2.22. The summed E-state index contributed by atoms with van der Waals surface area (Å²) in [5.41, 5.74) is 0.593. The van der Waals surface area contributed by atoms with Crippen molar-refractivity contribution in [3.05, 3.63) is 39.3 Å². The largest absolute Gasteiger partial charge is 0.323 e. The van der Waals surface area contributed by atoms with Gasteiger partial charge < -0.3 is 4.90 Å². The second-order valence-electron chi connectivity index (χ2n) is 7.68. The summed E-state index contributed by atoms with van der Waals surface area (Å²) in [6.07, 6.45) is 3.52. The first-order valence-electron chi connectivity index (χ1n) is 8.83. The minimum atomic E-state index is -0.165. The number of aryl methyl sites for hydroxylation is 1. The van der Waals surface area contributed by atoms with E-state index in [9.17, 15) is 9.59 Å². The molecule has 140 valence electrons. The number of rotatable bonds is 3. The Balaban J connectivity index is 1.74. The van der Waals surface area contributed by atoms with Crippen LogP contribution in [0.4, 0.5) is 9.93 Å². The van der Waals surface area contributed by atoms with E-state index in [-0.39, 0.29) is 23.0 Å². The van der Waals surface area contributed by atoms with Gasteiger partial charge in [0.2, 0.25) is 0 Å². The fraction of sp³-hybridized carbons (Fsp3) is 0.556. The molecule has 1 saturated heterocycles. The topological polar surface area (TPSA) is 80.1 Å². The van der Waals surface area contributed by atoms with Gasteiger partial charge in [-0.25, -0.2) is 14.5 Å². The highest BCUT2D eigenvalue weighted by atomic mass is 32.1. The van der Waals surface area contributed by atoms with E-state index in [2.05, 4.69) is 36.2 Å². The van der Waals surface area contributed by atoms with Crippen LogP contribution >= 0.6 is 11.3 Å². The van der Waals surface area contributed by atoms with Crippen molar-refractivity contribution in [2.75, 3.05) is 11.9 Å². The lowest BCUT2D eigenvalue weighted by molar-refractivity contribution is 0.198. The van der Waals surface area contributed by atoms with Gasteiger partial charge in [-0.1, -0.05) is 20.8 Å². The third kappa shape index (κ3) is 4.12. The number of hydrogen-bond donors (Lipinski definition) is 1. The van der Waals surface area contributed by atoms with Crippen LogP contribution in [0, 0.1) is 6.92 Å². The molecule has 0 radical (unpaired) electrons. The Labute approximate surface area is 157 Å². The number of hydrogen-bond acceptors (Lipinski definition) is 5. The molecule has 1 fully saturated rings. The highest BCUT2D eigenvalue weighted by Crippen LogP contribution is 2.23. The van der Waals surface area contributed by atoms with E-state index >= 15 is 0 Å². The van der Waals surface area contributed by atoms with Crippen LogP contribution in [-0.4, -0.2) is 38.3 Å². The molecule has 2 aromatic heterocycles. The SMILES string of the molecule is Cc1cnc(NC(=O)N2CCCC2Cn2nc(C(C)(C)C)ccc2=O)s1. The van der Waals surface area contributed by atoms with E-state index in [0.717, 1.165) is 23.4 Å². The molecular formula is C18H25N5O2S. The summed E-state index contributed by atoms with van der Waals surface area (Å²) >= 11 is 1.45. The van der Waals surface area contributed by atoms with Gasteiger partial charge in [0, 0.05) is 29.1 Å². The van der Waals surface area contributed by atoms with Crippen molar-refractivity contribution in [1.29, 1.82) is 0 Å². The number of urea groups is 1. The number of carbonyl (C=O) groups excluding carboxylic acids is 1. The van der Waals surface area contributed by atoms with Gasteiger partial charge in [0.25, 0.3) is 5.56 Å². The summed E-state index contributed by atoms with van der Waals surface area (Å²) in [5, 5.41) is 7.98. The normalized spacial score (nSPS) is 17.5. The molecule has 0 aliphatic carbocycles. The number of aromatic nitrogens is 3. The van der Waals surface area contributed by atoms with Crippen molar-refractivity contribution in [3.8, 4) is 0 Å². The number of nitrogens with zero attached hydrogens (tertiary/aromatic N) is 4. The Morgan fingerprint density at radius 2 is 2.15 bits per heavy atom. The predicted molar refractivity (Wildman–Crippen MR) is 103 cm³/mol. The van der Waals surface area contributed by atoms with Crippen molar-refractivity contribution < 1.29 is 4.79 Å². The van der Waals surface area contributed by atoms with Crippen LogP contribution in [0.1, 0.15) is 44.2 Å². The quantitative estimate of drug-likeness (QED) is 0.894. The van der Waals surface area contributed by atoms with Gasteiger partial charge in [0.1, 0.15) is 0 Å². The van der Waals surface area contributed by atoms with Crippen LogP contribution in [0.5, 0.6) is 0 Å². The third-order valence-electron chi connectivity index (χ3n) is 4.49. The number of likely N-dealkylation sites (tertiary alicyclic amines) is 1. The standard InChI is InChI=1S/C18H25N5O2S/c1-12-10-19-16(26-12)20-17(25)22-9-5-6-13(22)11-23-15(24)8-7-14(21-23)18(2,3)4/h7-8,10,13H,5-6,9,11H2,1-4H3,(H,19,20,25). The lowest BCUT2D eigenvalue weighted by atomic mass is 9.92.